The lowest BCUT2D eigenvalue weighted by Crippen LogP contribution is -2.45. The van der Waals surface area contributed by atoms with Crippen molar-refractivity contribution in [1.29, 1.82) is 0 Å². The number of nitrogens with one attached hydrogen (secondary N) is 2. The Morgan fingerprint density at radius 1 is 1.12 bits per heavy atom. The normalized spacial score (nSPS) is 18.2. The average Bonchev–Trinajstić information content (AvgIpc) is 3.07. The number of aliphatic hydroxyl groups is 1. The molecule has 0 saturated carbocycles. The van der Waals surface area contributed by atoms with E-state index in [2.05, 4.69) is 27.7 Å². The Hall–Kier alpha value is -1.59. The summed E-state index contributed by atoms with van der Waals surface area (Å²) in [6, 6.07) is 10.3. The Kier molecular flexibility index (Phi) is 6.63. The smallest absolute Gasteiger partial charge is 0.314 e. The van der Waals surface area contributed by atoms with Crippen molar-refractivity contribution in [2.75, 3.05) is 26.2 Å². The fourth-order valence-electron chi connectivity index (χ4n) is 2.93. The number of urea groups is 1. The molecule has 0 aromatic heterocycles. The number of amides is 2. The van der Waals surface area contributed by atoms with Crippen LogP contribution in [-0.4, -0.2) is 48.3 Å². The van der Waals surface area contributed by atoms with Gasteiger partial charge in [-0.2, -0.15) is 0 Å². The minimum Gasteiger partial charge on any atom is -0.391 e. The van der Waals surface area contributed by atoms with Crippen LogP contribution in [0, 0.1) is 5.41 Å². The van der Waals surface area contributed by atoms with E-state index in [1.165, 1.54) is 18.4 Å². The van der Waals surface area contributed by atoms with Crippen LogP contribution in [0.25, 0.3) is 0 Å². The molecule has 3 N–H and O–H groups in total. The number of benzene rings is 1. The molecule has 5 nitrogen and oxygen atoms in total. The number of hydrogen-bond acceptors (Lipinski definition) is 3. The first-order valence-corrected chi connectivity index (χ1v) is 8.86. The lowest BCUT2D eigenvalue weighted by atomic mass is 9.89. The van der Waals surface area contributed by atoms with Gasteiger partial charge >= 0.3 is 6.03 Å². The van der Waals surface area contributed by atoms with Gasteiger partial charge < -0.3 is 15.7 Å². The van der Waals surface area contributed by atoms with Crippen molar-refractivity contribution in [3.05, 3.63) is 35.9 Å². The molecule has 0 aliphatic carbocycles. The van der Waals surface area contributed by atoms with Crippen LogP contribution in [0.15, 0.2) is 30.3 Å². The molecule has 0 radical (unpaired) electrons. The van der Waals surface area contributed by atoms with Crippen molar-refractivity contribution in [2.45, 2.75) is 45.8 Å². The lowest BCUT2D eigenvalue weighted by Gasteiger charge is -2.29. The molecular weight excluding hydrogens is 302 g/mol. The molecule has 1 aromatic rings. The van der Waals surface area contributed by atoms with Gasteiger partial charge in [0.05, 0.1) is 12.1 Å². The van der Waals surface area contributed by atoms with Crippen LogP contribution in [0.1, 0.15) is 45.2 Å². The third-order valence-corrected chi connectivity index (χ3v) is 4.68. The van der Waals surface area contributed by atoms with Gasteiger partial charge in [-0.3, -0.25) is 4.90 Å². The molecule has 2 unspecified atom stereocenters. The fraction of sp³-hybridized carbons (Fsp3) is 0.632. The number of hydrogen-bond donors (Lipinski definition) is 3. The number of nitrogens with zero attached hydrogens (tertiary/aromatic N) is 1. The maximum absolute atomic E-state index is 12.1. The van der Waals surface area contributed by atoms with E-state index in [9.17, 15) is 9.90 Å². The van der Waals surface area contributed by atoms with Crippen molar-refractivity contribution in [3.63, 3.8) is 0 Å². The zero-order valence-corrected chi connectivity index (χ0v) is 15.1. The second kappa shape index (κ2) is 8.49. The van der Waals surface area contributed by atoms with Crippen LogP contribution in [0.5, 0.6) is 0 Å². The van der Waals surface area contributed by atoms with E-state index in [0.717, 1.165) is 13.1 Å². The quantitative estimate of drug-likeness (QED) is 0.749. The molecule has 134 valence electrons. The van der Waals surface area contributed by atoms with Gasteiger partial charge in [-0.25, -0.2) is 4.79 Å². The van der Waals surface area contributed by atoms with E-state index in [1.54, 1.807) is 0 Å². The molecule has 0 spiro atoms. The lowest BCUT2D eigenvalue weighted by molar-refractivity contribution is 0.0649. The summed E-state index contributed by atoms with van der Waals surface area (Å²) in [5.41, 5.74) is 0.990. The van der Waals surface area contributed by atoms with Crippen LogP contribution in [0.4, 0.5) is 4.79 Å². The molecule has 2 amide bonds. The zero-order chi connectivity index (χ0) is 17.6. The summed E-state index contributed by atoms with van der Waals surface area (Å²) in [6.45, 7) is 8.84. The molecule has 2 atom stereocenters. The van der Waals surface area contributed by atoms with Crippen LogP contribution in [0.3, 0.4) is 0 Å². The Bertz CT molecular complexity index is 507. The molecule has 1 heterocycles. The Balaban J connectivity index is 1.87. The maximum atomic E-state index is 12.1. The van der Waals surface area contributed by atoms with E-state index in [1.807, 2.05) is 39.0 Å². The van der Waals surface area contributed by atoms with Crippen molar-refractivity contribution in [1.82, 2.24) is 15.5 Å². The maximum Gasteiger partial charge on any atom is 0.314 e. The molecule has 24 heavy (non-hydrogen) atoms. The molecule has 2 rings (SSSR count). The van der Waals surface area contributed by atoms with E-state index >= 15 is 0 Å². The molecule has 5 heteroatoms. The van der Waals surface area contributed by atoms with E-state index in [0.29, 0.717) is 6.54 Å². The predicted octanol–water partition coefficient (Wildman–Crippen LogP) is 2.53. The second-order valence-electron chi connectivity index (χ2n) is 7.64. The van der Waals surface area contributed by atoms with Gasteiger partial charge in [-0.05, 0) is 36.9 Å². The SMILES string of the molecule is CC(C)(C)C(O)CNC(=O)NCC(c1ccccc1)N1CCCC1. The zero-order valence-electron chi connectivity index (χ0n) is 15.1. The number of likely N-dealkylation sites (tertiary alicyclic amines) is 1. The summed E-state index contributed by atoms with van der Waals surface area (Å²) in [7, 11) is 0. The highest BCUT2D eigenvalue weighted by molar-refractivity contribution is 5.73. The third kappa shape index (κ3) is 5.49. The summed E-state index contributed by atoms with van der Waals surface area (Å²) in [5.74, 6) is 0. The van der Waals surface area contributed by atoms with Gasteiger partial charge in [-0.1, -0.05) is 51.1 Å². The average molecular weight is 333 g/mol. The van der Waals surface area contributed by atoms with Crippen molar-refractivity contribution >= 4 is 6.03 Å². The van der Waals surface area contributed by atoms with Crippen molar-refractivity contribution in [3.8, 4) is 0 Å². The number of carbonyl (C=O) groups is 1. The minimum atomic E-state index is -0.563. The molecule has 1 fully saturated rings. The highest BCUT2D eigenvalue weighted by Crippen LogP contribution is 2.24. The highest BCUT2D eigenvalue weighted by Gasteiger charge is 2.25. The van der Waals surface area contributed by atoms with Gasteiger partial charge in [0.1, 0.15) is 0 Å². The summed E-state index contributed by atoms with van der Waals surface area (Å²) in [5, 5.41) is 15.7. The molecule has 1 aliphatic heterocycles. The molecule has 0 bridgehead atoms. The van der Waals surface area contributed by atoms with Crippen molar-refractivity contribution in [2.24, 2.45) is 5.41 Å². The van der Waals surface area contributed by atoms with Crippen LogP contribution >= 0.6 is 0 Å². The summed E-state index contributed by atoms with van der Waals surface area (Å²) in [6.07, 6.45) is 1.87. The fourth-order valence-corrected chi connectivity index (χ4v) is 2.93. The topological polar surface area (TPSA) is 64.6 Å². The largest absolute Gasteiger partial charge is 0.391 e. The van der Waals surface area contributed by atoms with E-state index < -0.39 is 6.10 Å². The summed E-state index contributed by atoms with van der Waals surface area (Å²) in [4.78, 5) is 14.5. The van der Waals surface area contributed by atoms with E-state index in [-0.39, 0.29) is 24.0 Å². The number of carbonyl (C=O) groups excluding carboxylic acids is 1. The Labute approximate surface area is 145 Å². The summed E-state index contributed by atoms with van der Waals surface area (Å²) < 4.78 is 0. The predicted molar refractivity (Wildman–Crippen MR) is 96.9 cm³/mol. The van der Waals surface area contributed by atoms with Crippen LogP contribution in [0.2, 0.25) is 0 Å². The van der Waals surface area contributed by atoms with Gasteiger partial charge in [0.15, 0.2) is 0 Å². The minimum absolute atomic E-state index is 0.201. The summed E-state index contributed by atoms with van der Waals surface area (Å²) >= 11 is 0. The Morgan fingerprint density at radius 2 is 1.71 bits per heavy atom. The van der Waals surface area contributed by atoms with Gasteiger partial charge in [-0.15, -0.1) is 0 Å². The van der Waals surface area contributed by atoms with Crippen LogP contribution < -0.4 is 10.6 Å². The first kappa shape index (κ1) is 18.7. The highest BCUT2D eigenvalue weighted by atomic mass is 16.3. The molecule has 1 aliphatic rings. The monoisotopic (exact) mass is 333 g/mol. The van der Waals surface area contributed by atoms with Crippen molar-refractivity contribution < 1.29 is 9.90 Å². The first-order chi connectivity index (χ1) is 11.4. The van der Waals surface area contributed by atoms with E-state index in [4.69, 9.17) is 0 Å². The molecular formula is C19H31N3O2. The van der Waals surface area contributed by atoms with Gasteiger partial charge in [0, 0.05) is 13.1 Å². The standard InChI is InChI=1S/C19H31N3O2/c1-19(2,3)17(23)14-21-18(24)20-13-16(22-11-7-8-12-22)15-9-5-4-6-10-15/h4-6,9-10,16-17,23H,7-8,11-14H2,1-3H3,(H2,20,21,24). The number of rotatable bonds is 6. The van der Waals surface area contributed by atoms with Crippen LogP contribution in [-0.2, 0) is 0 Å². The van der Waals surface area contributed by atoms with Gasteiger partial charge in [0.2, 0.25) is 0 Å². The second-order valence-corrected chi connectivity index (χ2v) is 7.64. The molecule has 1 saturated heterocycles. The third-order valence-electron chi connectivity index (χ3n) is 4.68. The van der Waals surface area contributed by atoms with Gasteiger partial charge in [0.25, 0.3) is 0 Å². The first-order valence-electron chi connectivity index (χ1n) is 8.86. The molecule has 1 aromatic carbocycles. The number of aliphatic hydroxyl groups excluding tert-OH is 1. The Morgan fingerprint density at radius 3 is 2.29 bits per heavy atom.